The zero-order valence-electron chi connectivity index (χ0n) is 20.3. The SMILES string of the molecule is C=C(c1nc(N[C@@H](C)CCC)ncc1C(=NC)OC1CCN(C)CC1)C1CCC(O)CC1. The van der Waals surface area contributed by atoms with Crippen molar-refractivity contribution in [3.63, 3.8) is 0 Å². The third-order valence-electron chi connectivity index (χ3n) is 6.76. The van der Waals surface area contributed by atoms with E-state index >= 15 is 0 Å². The van der Waals surface area contributed by atoms with Crippen LogP contribution in [0.5, 0.6) is 0 Å². The Bertz CT molecular complexity index is 781. The zero-order valence-corrected chi connectivity index (χ0v) is 20.3. The molecular weight excluding hydrogens is 402 g/mol. The highest BCUT2D eigenvalue weighted by Gasteiger charge is 2.28. The first-order chi connectivity index (χ1) is 15.4. The van der Waals surface area contributed by atoms with Crippen LogP contribution < -0.4 is 5.32 Å². The van der Waals surface area contributed by atoms with Crippen LogP contribution in [-0.4, -0.2) is 71.3 Å². The highest BCUT2D eigenvalue weighted by atomic mass is 16.5. The second-order valence-electron chi connectivity index (χ2n) is 9.47. The second kappa shape index (κ2) is 11.8. The van der Waals surface area contributed by atoms with Crippen LogP contribution in [0.3, 0.4) is 0 Å². The van der Waals surface area contributed by atoms with Gasteiger partial charge in [-0.1, -0.05) is 19.9 Å². The van der Waals surface area contributed by atoms with E-state index in [1.165, 1.54) is 0 Å². The number of allylic oxidation sites excluding steroid dienone is 1. The van der Waals surface area contributed by atoms with Crippen molar-refractivity contribution in [1.29, 1.82) is 0 Å². The topological polar surface area (TPSA) is 82.9 Å². The summed E-state index contributed by atoms with van der Waals surface area (Å²) in [7, 11) is 3.91. The summed E-state index contributed by atoms with van der Waals surface area (Å²) in [5, 5.41) is 13.4. The molecule has 2 heterocycles. The predicted molar refractivity (Wildman–Crippen MR) is 131 cm³/mol. The monoisotopic (exact) mass is 443 g/mol. The van der Waals surface area contributed by atoms with E-state index in [0.717, 1.165) is 81.3 Å². The minimum absolute atomic E-state index is 0.151. The number of aliphatic hydroxyl groups excluding tert-OH is 1. The Kier molecular flexibility index (Phi) is 9.05. The first-order valence-electron chi connectivity index (χ1n) is 12.2. The number of ether oxygens (including phenoxy) is 1. The van der Waals surface area contributed by atoms with E-state index < -0.39 is 0 Å². The van der Waals surface area contributed by atoms with E-state index in [4.69, 9.17) is 9.72 Å². The summed E-state index contributed by atoms with van der Waals surface area (Å²) in [6.45, 7) is 10.8. The number of aliphatic hydroxyl groups is 1. The van der Waals surface area contributed by atoms with Crippen LogP contribution in [0.25, 0.3) is 5.57 Å². The molecule has 0 amide bonds. The Balaban J connectivity index is 1.86. The van der Waals surface area contributed by atoms with Crippen LogP contribution in [0.1, 0.15) is 76.5 Å². The molecule has 1 aromatic rings. The van der Waals surface area contributed by atoms with Gasteiger partial charge in [0, 0.05) is 32.4 Å². The highest BCUT2D eigenvalue weighted by Crippen LogP contribution is 2.35. The fourth-order valence-electron chi connectivity index (χ4n) is 4.69. The molecule has 0 aromatic carbocycles. The van der Waals surface area contributed by atoms with Gasteiger partial charge in [-0.05, 0) is 70.4 Å². The van der Waals surface area contributed by atoms with Gasteiger partial charge in [-0.2, -0.15) is 0 Å². The Labute approximate surface area is 193 Å². The van der Waals surface area contributed by atoms with Crippen LogP contribution in [-0.2, 0) is 4.74 Å². The molecule has 178 valence electrons. The summed E-state index contributed by atoms with van der Waals surface area (Å²) >= 11 is 0. The summed E-state index contributed by atoms with van der Waals surface area (Å²) in [4.78, 5) is 16.3. The van der Waals surface area contributed by atoms with Crippen LogP contribution >= 0.6 is 0 Å². The standard InChI is InChI=1S/C25H41N5O2/c1-6-7-17(2)28-25-27-16-22(24(26-4)32-21-12-14-30(5)15-13-21)23(29-25)18(3)19-8-10-20(31)11-9-19/h16-17,19-21,31H,3,6-15H2,1-2,4-5H3,(H,27,28,29)/t17-,19?,20?/m0/s1. The molecule has 1 atom stereocenters. The number of hydrogen-bond donors (Lipinski definition) is 2. The lowest BCUT2D eigenvalue weighted by molar-refractivity contribution is 0.105. The summed E-state index contributed by atoms with van der Waals surface area (Å²) in [5.74, 6) is 1.52. The predicted octanol–water partition coefficient (Wildman–Crippen LogP) is 4.13. The number of hydrogen-bond acceptors (Lipinski definition) is 7. The molecule has 0 radical (unpaired) electrons. The second-order valence-corrected chi connectivity index (χ2v) is 9.47. The summed E-state index contributed by atoms with van der Waals surface area (Å²) < 4.78 is 6.37. The molecule has 0 unspecified atom stereocenters. The molecule has 0 bridgehead atoms. The Morgan fingerprint density at radius 2 is 1.97 bits per heavy atom. The van der Waals surface area contributed by atoms with Crippen LogP contribution in [0, 0.1) is 5.92 Å². The van der Waals surface area contributed by atoms with E-state index in [1.807, 2.05) is 6.20 Å². The molecule has 1 aliphatic heterocycles. The average molecular weight is 444 g/mol. The van der Waals surface area contributed by atoms with Crippen molar-refractivity contribution in [2.45, 2.75) is 83.5 Å². The summed E-state index contributed by atoms with van der Waals surface area (Å²) in [5.41, 5.74) is 2.63. The van der Waals surface area contributed by atoms with Crippen molar-refractivity contribution < 1.29 is 9.84 Å². The third kappa shape index (κ3) is 6.51. The van der Waals surface area contributed by atoms with Gasteiger partial charge in [-0.25, -0.2) is 9.97 Å². The number of aromatic nitrogens is 2. The van der Waals surface area contributed by atoms with Crippen molar-refractivity contribution >= 4 is 17.4 Å². The Morgan fingerprint density at radius 1 is 1.28 bits per heavy atom. The molecule has 7 nitrogen and oxygen atoms in total. The average Bonchev–Trinajstić information content (AvgIpc) is 2.79. The first-order valence-corrected chi connectivity index (χ1v) is 12.2. The first kappa shape index (κ1) is 24.6. The van der Waals surface area contributed by atoms with Gasteiger partial charge in [0.25, 0.3) is 0 Å². The van der Waals surface area contributed by atoms with Crippen molar-refractivity contribution in [2.24, 2.45) is 10.9 Å². The molecule has 3 rings (SSSR count). The van der Waals surface area contributed by atoms with Crippen molar-refractivity contribution in [3.8, 4) is 0 Å². The molecule has 1 aliphatic carbocycles. The number of nitrogens with zero attached hydrogens (tertiary/aromatic N) is 4. The van der Waals surface area contributed by atoms with E-state index in [1.54, 1.807) is 7.05 Å². The quantitative estimate of drug-likeness (QED) is 0.464. The third-order valence-corrected chi connectivity index (χ3v) is 6.76. The molecule has 32 heavy (non-hydrogen) atoms. The molecule has 2 aliphatic rings. The summed E-state index contributed by atoms with van der Waals surface area (Å²) in [6.07, 6.45) is 9.39. The highest BCUT2D eigenvalue weighted by molar-refractivity contribution is 5.98. The Morgan fingerprint density at radius 3 is 2.59 bits per heavy atom. The van der Waals surface area contributed by atoms with Gasteiger partial charge in [-0.15, -0.1) is 0 Å². The maximum atomic E-state index is 9.95. The lowest BCUT2D eigenvalue weighted by Crippen LogP contribution is -2.35. The van der Waals surface area contributed by atoms with E-state index in [0.29, 0.717) is 23.8 Å². The molecular formula is C25H41N5O2. The minimum atomic E-state index is -0.198. The van der Waals surface area contributed by atoms with E-state index in [9.17, 15) is 5.11 Å². The van der Waals surface area contributed by atoms with Gasteiger partial charge in [0.05, 0.1) is 17.4 Å². The molecule has 2 fully saturated rings. The largest absolute Gasteiger partial charge is 0.474 e. The van der Waals surface area contributed by atoms with Crippen molar-refractivity contribution in [2.75, 3.05) is 32.5 Å². The maximum Gasteiger partial charge on any atom is 0.223 e. The fourth-order valence-corrected chi connectivity index (χ4v) is 4.69. The van der Waals surface area contributed by atoms with Gasteiger partial charge >= 0.3 is 0 Å². The smallest absolute Gasteiger partial charge is 0.223 e. The van der Waals surface area contributed by atoms with Crippen molar-refractivity contribution in [1.82, 2.24) is 14.9 Å². The number of piperidine rings is 1. The number of nitrogens with one attached hydrogen (secondary N) is 1. The molecule has 0 spiro atoms. The lowest BCUT2D eigenvalue weighted by atomic mass is 9.81. The Hall–Kier alpha value is -1.99. The van der Waals surface area contributed by atoms with Crippen LogP contribution in [0.4, 0.5) is 5.95 Å². The zero-order chi connectivity index (χ0) is 23.1. The van der Waals surface area contributed by atoms with Gasteiger partial charge in [0.15, 0.2) is 0 Å². The maximum absolute atomic E-state index is 9.95. The summed E-state index contributed by atoms with van der Waals surface area (Å²) in [6, 6.07) is 0.298. The van der Waals surface area contributed by atoms with Gasteiger partial charge in [-0.3, -0.25) is 4.99 Å². The lowest BCUT2D eigenvalue weighted by Gasteiger charge is -2.30. The molecule has 1 aromatic heterocycles. The minimum Gasteiger partial charge on any atom is -0.474 e. The number of rotatable bonds is 8. The van der Waals surface area contributed by atoms with Crippen LogP contribution in [0.15, 0.2) is 17.8 Å². The number of anilines is 1. The fraction of sp³-hybridized carbons (Fsp3) is 0.720. The normalized spacial score (nSPS) is 24.2. The number of likely N-dealkylation sites (tertiary alicyclic amines) is 1. The van der Waals surface area contributed by atoms with Crippen LogP contribution in [0.2, 0.25) is 0 Å². The molecule has 2 N–H and O–H groups in total. The number of aliphatic imine (C=N–C) groups is 1. The van der Waals surface area contributed by atoms with Gasteiger partial charge in [0.1, 0.15) is 6.10 Å². The van der Waals surface area contributed by atoms with E-state index in [2.05, 4.69) is 47.7 Å². The molecule has 1 saturated heterocycles. The van der Waals surface area contributed by atoms with Gasteiger partial charge in [0.2, 0.25) is 11.8 Å². The molecule has 1 saturated carbocycles. The van der Waals surface area contributed by atoms with E-state index in [-0.39, 0.29) is 12.2 Å². The van der Waals surface area contributed by atoms with Gasteiger partial charge < -0.3 is 20.1 Å². The molecule has 7 heteroatoms. The van der Waals surface area contributed by atoms with Crippen molar-refractivity contribution in [3.05, 3.63) is 24.0 Å².